The lowest BCUT2D eigenvalue weighted by Crippen LogP contribution is -2.47. The molecule has 0 aliphatic carbocycles. The highest BCUT2D eigenvalue weighted by Crippen LogP contribution is 2.15. The first-order chi connectivity index (χ1) is 14.1. The van der Waals surface area contributed by atoms with Crippen molar-refractivity contribution in [1.82, 2.24) is 31.5 Å². The number of nitrogens with zero attached hydrogens (tertiary/aromatic N) is 2. The van der Waals surface area contributed by atoms with Crippen molar-refractivity contribution in [3.63, 3.8) is 0 Å². The summed E-state index contributed by atoms with van der Waals surface area (Å²) in [5.41, 5.74) is 0.498. The molecule has 0 radical (unpaired) electrons. The number of anilines is 1. The summed E-state index contributed by atoms with van der Waals surface area (Å²) < 4.78 is 0. The summed E-state index contributed by atoms with van der Waals surface area (Å²) in [5.74, 6) is 0. The molecule has 11 heteroatoms. The van der Waals surface area contributed by atoms with Crippen LogP contribution in [0.3, 0.4) is 0 Å². The molecule has 1 aliphatic rings. The Bertz CT molecular complexity index is 600. The van der Waals surface area contributed by atoms with Gasteiger partial charge in [-0.05, 0) is 31.6 Å². The van der Waals surface area contributed by atoms with Gasteiger partial charge in [-0.15, -0.1) is 0 Å². The standard InChI is InChI=1S/C18H32N8O3/c27-18(24-16-2-4-17(5-3-16)26(28)29)23-12-13-25-14-21-10-8-19-6-1-7-20-9-11-22-15-25/h2-5,19-22H,1,6-15H2,(H2,23,24,27). The van der Waals surface area contributed by atoms with E-state index in [4.69, 9.17) is 0 Å². The van der Waals surface area contributed by atoms with Gasteiger partial charge in [0.05, 0.1) is 4.92 Å². The lowest BCUT2D eigenvalue weighted by atomic mass is 10.3. The summed E-state index contributed by atoms with van der Waals surface area (Å²) in [6.07, 6.45) is 1.12. The number of urea groups is 1. The van der Waals surface area contributed by atoms with E-state index in [2.05, 4.69) is 36.8 Å². The fraction of sp³-hybridized carbons (Fsp3) is 0.611. The van der Waals surface area contributed by atoms with Crippen molar-refractivity contribution < 1.29 is 9.72 Å². The summed E-state index contributed by atoms with van der Waals surface area (Å²) in [5, 5.41) is 29.8. The van der Waals surface area contributed by atoms with Crippen molar-refractivity contribution in [3.8, 4) is 0 Å². The number of hydrogen-bond donors (Lipinski definition) is 6. The van der Waals surface area contributed by atoms with Gasteiger partial charge in [-0.2, -0.15) is 0 Å². The highest BCUT2D eigenvalue weighted by atomic mass is 16.6. The summed E-state index contributed by atoms with van der Waals surface area (Å²) in [6, 6.07) is 5.40. The summed E-state index contributed by atoms with van der Waals surface area (Å²) in [4.78, 5) is 24.4. The van der Waals surface area contributed by atoms with E-state index in [0.29, 0.717) is 18.8 Å². The zero-order chi connectivity index (χ0) is 20.7. The maximum absolute atomic E-state index is 12.0. The van der Waals surface area contributed by atoms with Gasteiger partial charge >= 0.3 is 6.03 Å². The minimum atomic E-state index is -0.474. The second-order valence-corrected chi connectivity index (χ2v) is 6.75. The van der Waals surface area contributed by atoms with Crippen LogP contribution in [0.15, 0.2) is 24.3 Å². The molecule has 0 spiro atoms. The van der Waals surface area contributed by atoms with E-state index in [0.717, 1.165) is 59.0 Å². The zero-order valence-electron chi connectivity index (χ0n) is 16.7. The number of carbonyl (C=O) groups is 1. The van der Waals surface area contributed by atoms with E-state index in [9.17, 15) is 14.9 Å². The SMILES string of the molecule is O=C(NCCN1CNCCNCCCNCCNC1)Nc1ccc([N+](=O)[O-])cc1. The third-order valence-electron chi connectivity index (χ3n) is 4.38. The molecular weight excluding hydrogens is 376 g/mol. The number of amides is 2. The van der Waals surface area contributed by atoms with Gasteiger partial charge in [-0.25, -0.2) is 4.79 Å². The van der Waals surface area contributed by atoms with E-state index < -0.39 is 4.92 Å². The Morgan fingerprint density at radius 2 is 1.55 bits per heavy atom. The Morgan fingerprint density at radius 3 is 2.14 bits per heavy atom. The van der Waals surface area contributed by atoms with Crippen LogP contribution >= 0.6 is 0 Å². The van der Waals surface area contributed by atoms with Crippen molar-refractivity contribution in [3.05, 3.63) is 34.4 Å². The van der Waals surface area contributed by atoms with Crippen LogP contribution < -0.4 is 31.9 Å². The molecule has 1 saturated heterocycles. The van der Waals surface area contributed by atoms with Crippen LogP contribution in [0.1, 0.15) is 6.42 Å². The molecule has 1 aromatic carbocycles. The molecule has 1 aliphatic heterocycles. The number of carbonyl (C=O) groups excluding carboxylic acids is 1. The molecule has 2 amide bonds. The fourth-order valence-corrected chi connectivity index (χ4v) is 2.80. The van der Waals surface area contributed by atoms with Crippen LogP contribution in [0.25, 0.3) is 0 Å². The second kappa shape index (κ2) is 13.8. The normalized spacial score (nSPS) is 17.8. The predicted molar refractivity (Wildman–Crippen MR) is 113 cm³/mol. The van der Waals surface area contributed by atoms with Crippen LogP contribution in [0.5, 0.6) is 0 Å². The first kappa shape index (κ1) is 23.0. The molecule has 1 fully saturated rings. The number of hydrogen-bond acceptors (Lipinski definition) is 8. The predicted octanol–water partition coefficient (Wildman–Crippen LogP) is -0.305. The molecule has 29 heavy (non-hydrogen) atoms. The largest absolute Gasteiger partial charge is 0.337 e. The topological polar surface area (TPSA) is 136 Å². The Morgan fingerprint density at radius 1 is 0.966 bits per heavy atom. The molecular formula is C18H32N8O3. The van der Waals surface area contributed by atoms with Crippen molar-refractivity contribution in [2.45, 2.75) is 6.42 Å². The van der Waals surface area contributed by atoms with E-state index in [1.807, 2.05) is 0 Å². The summed E-state index contributed by atoms with van der Waals surface area (Å²) in [7, 11) is 0. The number of nitrogens with one attached hydrogen (secondary N) is 6. The Kier molecular flexibility index (Phi) is 10.9. The van der Waals surface area contributed by atoms with Crippen LogP contribution in [-0.2, 0) is 0 Å². The fourth-order valence-electron chi connectivity index (χ4n) is 2.80. The molecule has 11 nitrogen and oxygen atoms in total. The Balaban J connectivity index is 1.69. The lowest BCUT2D eigenvalue weighted by molar-refractivity contribution is -0.384. The van der Waals surface area contributed by atoms with Gasteiger partial charge < -0.3 is 31.9 Å². The minimum Gasteiger partial charge on any atom is -0.337 e. The summed E-state index contributed by atoms with van der Waals surface area (Å²) in [6.45, 7) is 8.29. The smallest absolute Gasteiger partial charge is 0.319 e. The van der Waals surface area contributed by atoms with Gasteiger partial charge in [-0.1, -0.05) is 0 Å². The molecule has 0 atom stereocenters. The van der Waals surface area contributed by atoms with E-state index >= 15 is 0 Å². The molecule has 0 saturated carbocycles. The summed E-state index contributed by atoms with van der Waals surface area (Å²) >= 11 is 0. The monoisotopic (exact) mass is 408 g/mol. The lowest BCUT2D eigenvalue weighted by Gasteiger charge is -2.24. The molecule has 162 valence electrons. The Labute approximate surface area is 171 Å². The van der Waals surface area contributed by atoms with Crippen LogP contribution in [0.4, 0.5) is 16.2 Å². The van der Waals surface area contributed by atoms with Gasteiger partial charge in [0.15, 0.2) is 0 Å². The Hall–Kier alpha value is -2.31. The van der Waals surface area contributed by atoms with Gasteiger partial charge in [0.2, 0.25) is 0 Å². The van der Waals surface area contributed by atoms with Crippen LogP contribution in [0, 0.1) is 10.1 Å². The maximum Gasteiger partial charge on any atom is 0.319 e. The minimum absolute atomic E-state index is 0.0111. The molecule has 6 N–H and O–H groups in total. The van der Waals surface area contributed by atoms with E-state index in [-0.39, 0.29) is 11.7 Å². The number of rotatable bonds is 5. The number of nitro groups is 1. The quantitative estimate of drug-likeness (QED) is 0.289. The van der Waals surface area contributed by atoms with Gasteiger partial charge in [0.1, 0.15) is 0 Å². The van der Waals surface area contributed by atoms with E-state index in [1.165, 1.54) is 24.3 Å². The van der Waals surface area contributed by atoms with Crippen LogP contribution in [0.2, 0.25) is 0 Å². The molecule has 0 unspecified atom stereocenters. The van der Waals surface area contributed by atoms with Crippen molar-refractivity contribution >= 4 is 17.4 Å². The van der Waals surface area contributed by atoms with Crippen molar-refractivity contribution in [2.24, 2.45) is 0 Å². The van der Waals surface area contributed by atoms with Gasteiger partial charge in [0, 0.05) is 70.4 Å². The van der Waals surface area contributed by atoms with Crippen molar-refractivity contribution in [2.75, 3.05) is 71.0 Å². The number of non-ortho nitro benzene ring substituents is 1. The van der Waals surface area contributed by atoms with Gasteiger partial charge in [0.25, 0.3) is 5.69 Å². The van der Waals surface area contributed by atoms with E-state index in [1.54, 1.807) is 0 Å². The maximum atomic E-state index is 12.0. The molecule has 0 aromatic heterocycles. The molecule has 1 heterocycles. The second-order valence-electron chi connectivity index (χ2n) is 6.75. The highest BCUT2D eigenvalue weighted by molar-refractivity contribution is 5.89. The first-order valence-electron chi connectivity index (χ1n) is 9.99. The molecule has 1 aromatic rings. The number of benzene rings is 1. The molecule has 2 rings (SSSR count). The molecule has 0 bridgehead atoms. The van der Waals surface area contributed by atoms with Crippen molar-refractivity contribution in [1.29, 1.82) is 0 Å². The number of nitro benzene ring substituents is 1. The third kappa shape index (κ3) is 10.1. The third-order valence-corrected chi connectivity index (χ3v) is 4.38. The average Bonchev–Trinajstić information content (AvgIpc) is 2.71. The zero-order valence-corrected chi connectivity index (χ0v) is 16.7. The van der Waals surface area contributed by atoms with Gasteiger partial charge in [-0.3, -0.25) is 15.0 Å². The van der Waals surface area contributed by atoms with Crippen LogP contribution in [-0.4, -0.2) is 81.5 Å². The average molecular weight is 409 g/mol. The first-order valence-corrected chi connectivity index (χ1v) is 9.99. The highest BCUT2D eigenvalue weighted by Gasteiger charge is 2.08.